The van der Waals surface area contributed by atoms with E-state index >= 15 is 0 Å². The van der Waals surface area contributed by atoms with E-state index < -0.39 is 0 Å². The molecule has 0 aliphatic carbocycles. The summed E-state index contributed by atoms with van der Waals surface area (Å²) in [6.07, 6.45) is 0. The highest BCUT2D eigenvalue weighted by Crippen LogP contribution is 2.33. The van der Waals surface area contributed by atoms with Gasteiger partial charge in [-0.25, -0.2) is 0 Å². The number of halogens is 1. The summed E-state index contributed by atoms with van der Waals surface area (Å²) in [6.45, 7) is 8.29. The zero-order valence-corrected chi connectivity index (χ0v) is 14.9. The number of nitrogen functional groups attached to an aromatic ring is 1. The number of rotatable bonds is 3. The lowest BCUT2D eigenvalue weighted by molar-refractivity contribution is 0.0901. The van der Waals surface area contributed by atoms with Crippen molar-refractivity contribution in [2.45, 2.75) is 33.7 Å². The molecule has 0 fully saturated rings. The SMILES string of the molecule is Cc1ccc(N)cc1C(=O)NC(c1ccccc1)C(C)(C)C.Cl. The van der Waals surface area contributed by atoms with Gasteiger partial charge in [0.25, 0.3) is 5.91 Å². The van der Waals surface area contributed by atoms with Crippen LogP contribution in [0.3, 0.4) is 0 Å². The third-order valence-corrected chi connectivity index (χ3v) is 3.78. The molecule has 3 N–H and O–H groups in total. The van der Waals surface area contributed by atoms with Crippen molar-refractivity contribution in [3.05, 3.63) is 65.2 Å². The van der Waals surface area contributed by atoms with Crippen molar-refractivity contribution in [1.29, 1.82) is 0 Å². The molecule has 124 valence electrons. The molecule has 3 nitrogen and oxygen atoms in total. The van der Waals surface area contributed by atoms with Crippen molar-refractivity contribution >= 4 is 24.0 Å². The first-order valence-corrected chi connectivity index (χ1v) is 7.51. The van der Waals surface area contributed by atoms with Crippen molar-refractivity contribution in [2.75, 3.05) is 5.73 Å². The molecule has 0 aliphatic rings. The summed E-state index contributed by atoms with van der Waals surface area (Å²) in [6, 6.07) is 15.4. The Hall–Kier alpha value is -2.00. The Morgan fingerprint density at radius 2 is 1.70 bits per heavy atom. The number of hydrogen-bond acceptors (Lipinski definition) is 2. The van der Waals surface area contributed by atoms with E-state index in [2.05, 4.69) is 26.1 Å². The molecular formula is C19H25ClN2O. The third-order valence-electron chi connectivity index (χ3n) is 3.78. The first kappa shape index (κ1) is 19.0. The Morgan fingerprint density at radius 1 is 1.09 bits per heavy atom. The molecule has 2 rings (SSSR count). The van der Waals surface area contributed by atoms with Crippen LogP contribution in [0.15, 0.2) is 48.5 Å². The van der Waals surface area contributed by atoms with Gasteiger partial charge < -0.3 is 11.1 Å². The minimum absolute atomic E-state index is 0. The highest BCUT2D eigenvalue weighted by Gasteiger charge is 2.28. The van der Waals surface area contributed by atoms with Crippen molar-refractivity contribution in [3.8, 4) is 0 Å². The Kier molecular flexibility index (Phi) is 6.22. The van der Waals surface area contributed by atoms with E-state index in [0.717, 1.165) is 11.1 Å². The molecule has 0 aliphatic heterocycles. The standard InChI is InChI=1S/C19H24N2O.ClH/c1-13-10-11-15(20)12-16(13)18(22)21-17(19(2,3)4)14-8-6-5-7-9-14;/h5-12,17H,20H2,1-4H3,(H,21,22);1H. The predicted octanol–water partition coefficient (Wildman–Crippen LogP) is 4.52. The molecule has 0 bridgehead atoms. The summed E-state index contributed by atoms with van der Waals surface area (Å²) in [4.78, 5) is 12.7. The second-order valence-electron chi connectivity index (χ2n) is 6.76. The number of carbonyl (C=O) groups is 1. The summed E-state index contributed by atoms with van der Waals surface area (Å²) >= 11 is 0. The second kappa shape index (κ2) is 7.51. The van der Waals surface area contributed by atoms with Gasteiger partial charge in [0.05, 0.1) is 6.04 Å². The molecular weight excluding hydrogens is 308 g/mol. The van der Waals surface area contributed by atoms with Gasteiger partial charge in [-0.05, 0) is 35.6 Å². The normalized spacial score (nSPS) is 12.2. The van der Waals surface area contributed by atoms with Crippen LogP contribution in [0.1, 0.15) is 48.3 Å². The first-order valence-electron chi connectivity index (χ1n) is 7.51. The van der Waals surface area contributed by atoms with Gasteiger partial charge in [0, 0.05) is 11.3 Å². The fraction of sp³-hybridized carbons (Fsp3) is 0.316. The lowest BCUT2D eigenvalue weighted by Gasteiger charge is -2.32. The quantitative estimate of drug-likeness (QED) is 0.812. The Balaban J connectivity index is 0.00000264. The zero-order valence-electron chi connectivity index (χ0n) is 14.1. The number of anilines is 1. The monoisotopic (exact) mass is 332 g/mol. The minimum Gasteiger partial charge on any atom is -0.399 e. The summed E-state index contributed by atoms with van der Waals surface area (Å²) in [5, 5.41) is 3.16. The van der Waals surface area contributed by atoms with E-state index in [1.165, 1.54) is 0 Å². The van der Waals surface area contributed by atoms with Crippen LogP contribution in [0, 0.1) is 12.3 Å². The summed E-state index contributed by atoms with van der Waals surface area (Å²) in [5.74, 6) is -0.0893. The molecule has 1 atom stereocenters. The van der Waals surface area contributed by atoms with Gasteiger partial charge in [0.1, 0.15) is 0 Å². The van der Waals surface area contributed by atoms with Crippen molar-refractivity contribution in [2.24, 2.45) is 5.41 Å². The van der Waals surface area contributed by atoms with Gasteiger partial charge >= 0.3 is 0 Å². The van der Waals surface area contributed by atoms with Crippen LogP contribution >= 0.6 is 12.4 Å². The Bertz CT molecular complexity index is 663. The minimum atomic E-state index is -0.0920. The maximum absolute atomic E-state index is 12.7. The average molecular weight is 333 g/mol. The molecule has 2 aromatic rings. The van der Waals surface area contributed by atoms with Crippen LogP contribution in [0.5, 0.6) is 0 Å². The second-order valence-corrected chi connectivity index (χ2v) is 6.76. The fourth-order valence-electron chi connectivity index (χ4n) is 2.54. The molecule has 23 heavy (non-hydrogen) atoms. The van der Waals surface area contributed by atoms with Crippen LogP contribution in [0.4, 0.5) is 5.69 Å². The fourth-order valence-corrected chi connectivity index (χ4v) is 2.54. The van der Waals surface area contributed by atoms with Crippen LogP contribution < -0.4 is 11.1 Å². The van der Waals surface area contributed by atoms with Crippen LogP contribution in [-0.2, 0) is 0 Å². The number of carbonyl (C=O) groups excluding carboxylic acids is 1. The smallest absolute Gasteiger partial charge is 0.252 e. The summed E-state index contributed by atoms with van der Waals surface area (Å²) in [7, 11) is 0. The van der Waals surface area contributed by atoms with Gasteiger partial charge in [0.2, 0.25) is 0 Å². The number of benzene rings is 2. The van der Waals surface area contributed by atoms with Gasteiger partial charge in [0.15, 0.2) is 0 Å². The Morgan fingerprint density at radius 3 is 2.26 bits per heavy atom. The molecule has 0 saturated carbocycles. The lowest BCUT2D eigenvalue weighted by atomic mass is 9.82. The highest BCUT2D eigenvalue weighted by atomic mass is 35.5. The number of nitrogens with one attached hydrogen (secondary N) is 1. The molecule has 0 aromatic heterocycles. The molecule has 0 saturated heterocycles. The number of amides is 1. The summed E-state index contributed by atoms with van der Waals surface area (Å²) < 4.78 is 0. The number of hydrogen-bond donors (Lipinski definition) is 2. The Labute approximate surface area is 144 Å². The first-order chi connectivity index (χ1) is 10.3. The molecule has 2 aromatic carbocycles. The maximum Gasteiger partial charge on any atom is 0.252 e. The zero-order chi connectivity index (χ0) is 16.3. The molecule has 4 heteroatoms. The largest absolute Gasteiger partial charge is 0.399 e. The van der Waals surface area contributed by atoms with Crippen LogP contribution in [-0.4, -0.2) is 5.91 Å². The van der Waals surface area contributed by atoms with Crippen molar-refractivity contribution in [1.82, 2.24) is 5.32 Å². The molecule has 0 radical (unpaired) electrons. The molecule has 0 spiro atoms. The average Bonchev–Trinajstić information content (AvgIpc) is 2.46. The molecule has 0 heterocycles. The third kappa shape index (κ3) is 4.73. The maximum atomic E-state index is 12.7. The molecule has 1 amide bonds. The summed E-state index contributed by atoms with van der Waals surface area (Å²) in [5.41, 5.74) is 8.98. The topological polar surface area (TPSA) is 55.1 Å². The van der Waals surface area contributed by atoms with Gasteiger partial charge in [-0.2, -0.15) is 0 Å². The van der Waals surface area contributed by atoms with Crippen molar-refractivity contribution < 1.29 is 4.79 Å². The lowest BCUT2D eigenvalue weighted by Crippen LogP contribution is -2.36. The van der Waals surface area contributed by atoms with E-state index in [4.69, 9.17) is 5.73 Å². The molecule has 1 unspecified atom stereocenters. The predicted molar refractivity (Wildman–Crippen MR) is 98.9 cm³/mol. The highest BCUT2D eigenvalue weighted by molar-refractivity contribution is 5.96. The van der Waals surface area contributed by atoms with Gasteiger partial charge in [-0.3, -0.25) is 4.79 Å². The van der Waals surface area contributed by atoms with E-state index in [1.54, 1.807) is 6.07 Å². The van der Waals surface area contributed by atoms with Crippen molar-refractivity contribution in [3.63, 3.8) is 0 Å². The van der Waals surface area contributed by atoms with Crippen LogP contribution in [0.25, 0.3) is 0 Å². The van der Waals surface area contributed by atoms with E-state index in [0.29, 0.717) is 11.3 Å². The van der Waals surface area contributed by atoms with Gasteiger partial charge in [-0.15, -0.1) is 12.4 Å². The van der Waals surface area contributed by atoms with Gasteiger partial charge in [-0.1, -0.05) is 57.2 Å². The van der Waals surface area contributed by atoms with E-state index in [1.807, 2.05) is 49.4 Å². The number of nitrogens with two attached hydrogens (primary N) is 1. The van der Waals surface area contributed by atoms with Crippen LogP contribution in [0.2, 0.25) is 0 Å². The number of aryl methyl sites for hydroxylation is 1. The van der Waals surface area contributed by atoms with E-state index in [9.17, 15) is 4.79 Å². The van der Waals surface area contributed by atoms with E-state index in [-0.39, 0.29) is 29.8 Å².